The molecule has 1 saturated heterocycles. The van der Waals surface area contributed by atoms with Crippen LogP contribution in [0.2, 0.25) is 0 Å². The molecule has 0 aromatic heterocycles. The lowest BCUT2D eigenvalue weighted by atomic mass is 9.74. The number of rotatable bonds is 3. The number of carbonyl (C=O) groups excluding carboxylic acids is 1. The molecule has 0 aromatic carbocycles. The zero-order chi connectivity index (χ0) is 14.9. The van der Waals surface area contributed by atoms with Crippen LogP contribution in [0.4, 0.5) is 0 Å². The molecule has 2 aliphatic rings. The Balaban J connectivity index is 1.98. The molecule has 5 heteroatoms. The van der Waals surface area contributed by atoms with Crippen LogP contribution in [0.5, 0.6) is 0 Å². The number of amides is 1. The van der Waals surface area contributed by atoms with Crippen molar-refractivity contribution in [3.63, 3.8) is 0 Å². The van der Waals surface area contributed by atoms with Crippen molar-refractivity contribution in [3.8, 4) is 0 Å². The van der Waals surface area contributed by atoms with E-state index in [9.17, 15) is 13.2 Å². The van der Waals surface area contributed by atoms with Crippen molar-refractivity contribution >= 4 is 15.7 Å². The molecular weight excluding hydrogens is 274 g/mol. The van der Waals surface area contributed by atoms with Crippen LogP contribution in [0.3, 0.4) is 0 Å². The summed E-state index contributed by atoms with van der Waals surface area (Å²) < 4.78 is 23.0. The van der Waals surface area contributed by atoms with Gasteiger partial charge in [0.2, 0.25) is 5.91 Å². The van der Waals surface area contributed by atoms with Gasteiger partial charge in [0.25, 0.3) is 0 Å². The molecule has 0 bridgehead atoms. The van der Waals surface area contributed by atoms with E-state index < -0.39 is 9.84 Å². The average Bonchev–Trinajstić information content (AvgIpc) is 2.69. The molecule has 1 amide bonds. The summed E-state index contributed by atoms with van der Waals surface area (Å²) in [5, 5.41) is 3.16. The number of sulfone groups is 1. The molecule has 1 saturated carbocycles. The van der Waals surface area contributed by atoms with Gasteiger partial charge in [0.1, 0.15) is 0 Å². The highest BCUT2D eigenvalue weighted by Crippen LogP contribution is 2.33. The molecule has 0 unspecified atom stereocenters. The molecule has 2 fully saturated rings. The third-order valence-electron chi connectivity index (χ3n) is 4.95. The van der Waals surface area contributed by atoms with E-state index in [1.165, 1.54) is 6.42 Å². The van der Waals surface area contributed by atoms with Crippen LogP contribution in [0.1, 0.15) is 46.5 Å². The first-order valence-electron chi connectivity index (χ1n) is 7.79. The van der Waals surface area contributed by atoms with E-state index in [1.54, 1.807) is 0 Å². The van der Waals surface area contributed by atoms with Gasteiger partial charge in [-0.3, -0.25) is 4.79 Å². The standard InChI is InChI=1S/C15H27NO3S/c1-10(2)13-5-4-11(3)8-14(13)16-15(17)12-6-7-20(18,19)9-12/h10-14H,4-9H2,1-3H3,(H,16,17)/t11-,12+,13-,14-/m1/s1. The summed E-state index contributed by atoms with van der Waals surface area (Å²) in [5.41, 5.74) is 0. The fourth-order valence-electron chi connectivity index (χ4n) is 3.67. The van der Waals surface area contributed by atoms with Gasteiger partial charge in [-0.25, -0.2) is 8.42 Å². The Morgan fingerprint density at radius 3 is 2.45 bits per heavy atom. The van der Waals surface area contributed by atoms with E-state index in [4.69, 9.17) is 0 Å². The third kappa shape index (κ3) is 3.74. The number of hydrogen-bond donors (Lipinski definition) is 1. The van der Waals surface area contributed by atoms with Crippen molar-refractivity contribution in [1.29, 1.82) is 0 Å². The lowest BCUT2D eigenvalue weighted by Gasteiger charge is -2.38. The van der Waals surface area contributed by atoms with Crippen LogP contribution in [0.15, 0.2) is 0 Å². The van der Waals surface area contributed by atoms with Crippen LogP contribution in [-0.2, 0) is 14.6 Å². The predicted molar refractivity (Wildman–Crippen MR) is 80.0 cm³/mol. The maximum atomic E-state index is 12.3. The largest absolute Gasteiger partial charge is 0.353 e. The first kappa shape index (κ1) is 15.8. The Hall–Kier alpha value is -0.580. The normalized spacial score (nSPS) is 37.0. The molecule has 1 heterocycles. The summed E-state index contributed by atoms with van der Waals surface area (Å²) in [5.74, 6) is 1.55. The molecule has 0 aromatic rings. The van der Waals surface area contributed by atoms with Gasteiger partial charge < -0.3 is 5.32 Å². The van der Waals surface area contributed by atoms with Gasteiger partial charge in [-0.05, 0) is 37.0 Å². The molecule has 0 radical (unpaired) electrons. The van der Waals surface area contributed by atoms with Gasteiger partial charge in [0.05, 0.1) is 17.4 Å². The van der Waals surface area contributed by atoms with E-state index in [1.807, 2.05) is 0 Å². The van der Waals surface area contributed by atoms with Crippen molar-refractivity contribution in [2.45, 2.75) is 52.5 Å². The first-order chi connectivity index (χ1) is 9.28. The van der Waals surface area contributed by atoms with Gasteiger partial charge in [-0.1, -0.05) is 27.2 Å². The summed E-state index contributed by atoms with van der Waals surface area (Å²) >= 11 is 0. The molecule has 4 atom stereocenters. The van der Waals surface area contributed by atoms with Crippen molar-refractivity contribution in [1.82, 2.24) is 5.32 Å². The minimum Gasteiger partial charge on any atom is -0.353 e. The molecule has 116 valence electrons. The van der Waals surface area contributed by atoms with Crippen molar-refractivity contribution in [2.24, 2.45) is 23.7 Å². The predicted octanol–water partition coefficient (Wildman–Crippen LogP) is 2.00. The Kier molecular flexibility index (Phi) is 4.77. The van der Waals surface area contributed by atoms with Crippen LogP contribution in [0.25, 0.3) is 0 Å². The topological polar surface area (TPSA) is 63.2 Å². The highest BCUT2D eigenvalue weighted by atomic mass is 32.2. The molecule has 2 rings (SSSR count). The van der Waals surface area contributed by atoms with Gasteiger partial charge in [0, 0.05) is 6.04 Å². The summed E-state index contributed by atoms with van der Waals surface area (Å²) in [6, 6.07) is 0.217. The second-order valence-electron chi connectivity index (χ2n) is 7.04. The van der Waals surface area contributed by atoms with Crippen LogP contribution in [0, 0.1) is 23.7 Å². The monoisotopic (exact) mass is 301 g/mol. The van der Waals surface area contributed by atoms with Crippen LogP contribution in [-0.4, -0.2) is 31.9 Å². The second-order valence-corrected chi connectivity index (χ2v) is 9.27. The smallest absolute Gasteiger partial charge is 0.224 e. The Labute approximate surface area is 122 Å². The SMILES string of the molecule is CC(C)[C@H]1CC[C@@H](C)C[C@H]1NC(=O)[C@H]1CCS(=O)(=O)C1. The van der Waals surface area contributed by atoms with E-state index >= 15 is 0 Å². The number of nitrogens with one attached hydrogen (secondary N) is 1. The quantitative estimate of drug-likeness (QED) is 0.867. The maximum Gasteiger partial charge on any atom is 0.224 e. The highest BCUT2D eigenvalue weighted by molar-refractivity contribution is 7.91. The Morgan fingerprint density at radius 1 is 1.20 bits per heavy atom. The molecule has 1 aliphatic carbocycles. The van der Waals surface area contributed by atoms with Gasteiger partial charge >= 0.3 is 0 Å². The van der Waals surface area contributed by atoms with Crippen LogP contribution >= 0.6 is 0 Å². The lowest BCUT2D eigenvalue weighted by molar-refractivity contribution is -0.125. The van der Waals surface area contributed by atoms with Gasteiger partial charge in [-0.15, -0.1) is 0 Å². The summed E-state index contributed by atoms with van der Waals surface area (Å²) in [7, 11) is -2.98. The number of hydrogen-bond acceptors (Lipinski definition) is 3. The van der Waals surface area contributed by atoms with Crippen LogP contribution < -0.4 is 5.32 Å². The average molecular weight is 301 g/mol. The zero-order valence-electron chi connectivity index (χ0n) is 12.8. The number of carbonyl (C=O) groups is 1. The van der Waals surface area contributed by atoms with Gasteiger partial charge in [0.15, 0.2) is 9.84 Å². The Bertz CT molecular complexity index is 458. The van der Waals surface area contributed by atoms with Crippen molar-refractivity contribution < 1.29 is 13.2 Å². The first-order valence-corrected chi connectivity index (χ1v) is 9.61. The van der Waals surface area contributed by atoms with Crippen molar-refractivity contribution in [3.05, 3.63) is 0 Å². The molecule has 1 N–H and O–H groups in total. The lowest BCUT2D eigenvalue weighted by Crippen LogP contribution is -2.47. The maximum absolute atomic E-state index is 12.3. The van der Waals surface area contributed by atoms with E-state index in [0.29, 0.717) is 24.2 Å². The minimum absolute atomic E-state index is 0.0352. The summed E-state index contributed by atoms with van der Waals surface area (Å²) in [6.07, 6.45) is 3.90. The molecule has 4 nitrogen and oxygen atoms in total. The van der Waals surface area contributed by atoms with E-state index in [-0.39, 0.29) is 29.4 Å². The van der Waals surface area contributed by atoms with Gasteiger partial charge in [-0.2, -0.15) is 0 Å². The molecule has 1 aliphatic heterocycles. The van der Waals surface area contributed by atoms with E-state index in [0.717, 1.165) is 12.8 Å². The second kappa shape index (κ2) is 6.04. The molecule has 20 heavy (non-hydrogen) atoms. The fraction of sp³-hybridized carbons (Fsp3) is 0.933. The minimum atomic E-state index is -2.98. The van der Waals surface area contributed by atoms with E-state index in [2.05, 4.69) is 26.1 Å². The summed E-state index contributed by atoms with van der Waals surface area (Å²) in [4.78, 5) is 12.3. The Morgan fingerprint density at radius 2 is 1.90 bits per heavy atom. The van der Waals surface area contributed by atoms with Crippen molar-refractivity contribution in [2.75, 3.05) is 11.5 Å². The summed E-state index contributed by atoms with van der Waals surface area (Å²) in [6.45, 7) is 6.65. The molecule has 0 spiro atoms. The highest BCUT2D eigenvalue weighted by Gasteiger charge is 2.36. The third-order valence-corrected chi connectivity index (χ3v) is 6.72. The fourth-order valence-corrected chi connectivity index (χ4v) is 5.41. The zero-order valence-corrected chi connectivity index (χ0v) is 13.6. The molecular formula is C15H27NO3S.